The number of thioether (sulfide) groups is 1. The molecule has 0 aliphatic heterocycles. The van der Waals surface area contributed by atoms with Crippen LogP contribution in [0.5, 0.6) is 0 Å². The molecule has 2 nitrogen and oxygen atoms in total. The summed E-state index contributed by atoms with van der Waals surface area (Å²) in [4.78, 5) is 0. The van der Waals surface area contributed by atoms with Crippen LogP contribution in [0.15, 0.2) is 0 Å². The van der Waals surface area contributed by atoms with Gasteiger partial charge < -0.3 is 10.5 Å². The zero-order valence-electron chi connectivity index (χ0n) is 8.36. The third-order valence-corrected chi connectivity index (χ3v) is 2.43. The molecule has 14 heavy (non-hydrogen) atoms. The first-order chi connectivity index (χ1) is 6.27. The fourth-order valence-corrected chi connectivity index (χ4v) is 1.06. The van der Waals surface area contributed by atoms with Gasteiger partial charge in [-0.15, -0.1) is 0 Å². The van der Waals surface area contributed by atoms with Gasteiger partial charge in [-0.05, 0) is 25.1 Å². The summed E-state index contributed by atoms with van der Waals surface area (Å²) in [7, 11) is 0. The predicted molar refractivity (Wildman–Crippen MR) is 52.2 cm³/mol. The lowest BCUT2D eigenvalue weighted by molar-refractivity contribution is -0.0332. The van der Waals surface area contributed by atoms with Crippen molar-refractivity contribution in [2.45, 2.75) is 31.3 Å². The molecule has 0 aliphatic carbocycles. The minimum Gasteiger partial charge on any atom is -0.379 e. The highest BCUT2D eigenvalue weighted by Gasteiger charge is 2.27. The quantitative estimate of drug-likeness (QED) is 0.713. The summed E-state index contributed by atoms with van der Waals surface area (Å²) in [6.45, 7) is 4.09. The molecule has 0 saturated heterocycles. The summed E-state index contributed by atoms with van der Waals surface area (Å²) >= 11 is -0.0741. The fraction of sp³-hybridized carbons (Fsp3) is 1.00. The number of halogens is 3. The first kappa shape index (κ1) is 14.1. The molecule has 0 fully saturated rings. The predicted octanol–water partition coefficient (Wildman–Crippen LogP) is 2.38. The third-order valence-electron chi connectivity index (χ3n) is 1.73. The van der Waals surface area contributed by atoms with Crippen LogP contribution in [0.25, 0.3) is 0 Å². The summed E-state index contributed by atoms with van der Waals surface area (Å²) in [5, 5.41) is 0. The van der Waals surface area contributed by atoms with Gasteiger partial charge in [0.25, 0.3) is 0 Å². The Bertz CT molecular complexity index is 161. The number of alkyl halides is 3. The summed E-state index contributed by atoms with van der Waals surface area (Å²) in [5.41, 5.74) is 1.12. The Labute approximate surface area is 86.4 Å². The third kappa shape index (κ3) is 8.65. The Hall–Kier alpha value is 0.0600. The second kappa shape index (κ2) is 5.82. The van der Waals surface area contributed by atoms with Crippen LogP contribution in [-0.4, -0.2) is 30.0 Å². The smallest absolute Gasteiger partial charge is 0.379 e. The molecule has 0 aliphatic rings. The van der Waals surface area contributed by atoms with E-state index in [2.05, 4.69) is 0 Å². The fourth-order valence-electron chi connectivity index (χ4n) is 0.624. The first-order valence-corrected chi connectivity index (χ1v) is 5.33. The highest BCUT2D eigenvalue weighted by atomic mass is 32.2. The van der Waals surface area contributed by atoms with E-state index in [1.807, 2.05) is 13.8 Å². The molecular weight excluding hydrogens is 215 g/mol. The van der Waals surface area contributed by atoms with Crippen LogP contribution in [0.2, 0.25) is 0 Å². The van der Waals surface area contributed by atoms with Gasteiger partial charge in [-0.3, -0.25) is 0 Å². The Morgan fingerprint density at radius 2 is 1.93 bits per heavy atom. The van der Waals surface area contributed by atoms with E-state index in [0.29, 0.717) is 6.61 Å². The molecule has 2 N–H and O–H groups in total. The van der Waals surface area contributed by atoms with Crippen LogP contribution in [0.4, 0.5) is 13.2 Å². The standard InChI is InChI=1S/C8H16F3NOS/c1-3-7(2,12)6-13-4-5-14-8(9,10)11/h3-6,12H2,1-2H3. The van der Waals surface area contributed by atoms with E-state index in [-0.39, 0.29) is 24.1 Å². The van der Waals surface area contributed by atoms with Crippen molar-refractivity contribution in [3.63, 3.8) is 0 Å². The summed E-state index contributed by atoms with van der Waals surface area (Å²) in [5.74, 6) is -0.0801. The maximum absolute atomic E-state index is 11.7. The van der Waals surface area contributed by atoms with Crippen LogP contribution < -0.4 is 5.73 Å². The van der Waals surface area contributed by atoms with Gasteiger partial charge in [-0.25, -0.2) is 0 Å². The van der Waals surface area contributed by atoms with Crippen molar-refractivity contribution in [1.29, 1.82) is 0 Å². The van der Waals surface area contributed by atoms with Crippen molar-refractivity contribution in [2.75, 3.05) is 19.0 Å². The molecule has 0 amide bonds. The van der Waals surface area contributed by atoms with Gasteiger partial charge in [0.2, 0.25) is 0 Å². The maximum atomic E-state index is 11.7. The largest absolute Gasteiger partial charge is 0.441 e. The van der Waals surface area contributed by atoms with Gasteiger partial charge in [0.1, 0.15) is 0 Å². The Balaban J connectivity index is 3.39. The summed E-state index contributed by atoms with van der Waals surface area (Å²) in [6.07, 6.45) is 0.736. The van der Waals surface area contributed by atoms with E-state index in [0.717, 1.165) is 6.42 Å². The molecule has 1 atom stereocenters. The Kier molecular flexibility index (Phi) is 5.85. The SMILES string of the molecule is CCC(C)(N)COCCSC(F)(F)F. The molecule has 0 spiro atoms. The average molecular weight is 231 g/mol. The first-order valence-electron chi connectivity index (χ1n) is 4.34. The lowest BCUT2D eigenvalue weighted by Crippen LogP contribution is -2.40. The number of rotatable bonds is 6. The zero-order chi connectivity index (χ0) is 11.2. The van der Waals surface area contributed by atoms with E-state index in [1.54, 1.807) is 0 Å². The molecule has 0 radical (unpaired) electrons. The van der Waals surface area contributed by atoms with E-state index >= 15 is 0 Å². The average Bonchev–Trinajstić information content (AvgIpc) is 2.01. The van der Waals surface area contributed by atoms with E-state index in [1.165, 1.54) is 0 Å². The molecular formula is C8H16F3NOS. The van der Waals surface area contributed by atoms with Crippen LogP contribution in [-0.2, 0) is 4.74 Å². The van der Waals surface area contributed by atoms with Gasteiger partial charge in [-0.2, -0.15) is 13.2 Å². The molecule has 0 aromatic carbocycles. The molecule has 0 saturated carbocycles. The summed E-state index contributed by atoms with van der Waals surface area (Å²) in [6, 6.07) is 0. The van der Waals surface area contributed by atoms with Crippen LogP contribution in [0, 0.1) is 0 Å². The van der Waals surface area contributed by atoms with Gasteiger partial charge in [0.15, 0.2) is 0 Å². The van der Waals surface area contributed by atoms with Crippen molar-refractivity contribution < 1.29 is 17.9 Å². The summed E-state index contributed by atoms with van der Waals surface area (Å²) < 4.78 is 40.0. The van der Waals surface area contributed by atoms with Gasteiger partial charge >= 0.3 is 5.51 Å². The van der Waals surface area contributed by atoms with Crippen molar-refractivity contribution in [3.05, 3.63) is 0 Å². The Morgan fingerprint density at radius 3 is 2.36 bits per heavy atom. The zero-order valence-corrected chi connectivity index (χ0v) is 9.17. The monoisotopic (exact) mass is 231 g/mol. The minimum absolute atomic E-state index is 0.0741. The van der Waals surface area contributed by atoms with Crippen LogP contribution in [0.1, 0.15) is 20.3 Å². The number of nitrogens with two attached hydrogens (primary N) is 1. The highest BCUT2D eigenvalue weighted by Crippen LogP contribution is 2.29. The highest BCUT2D eigenvalue weighted by molar-refractivity contribution is 8.00. The van der Waals surface area contributed by atoms with Gasteiger partial charge in [0.05, 0.1) is 13.2 Å². The molecule has 0 aromatic heterocycles. The molecule has 0 heterocycles. The van der Waals surface area contributed by atoms with E-state index < -0.39 is 11.0 Å². The van der Waals surface area contributed by atoms with E-state index in [4.69, 9.17) is 10.5 Å². The molecule has 0 rings (SSSR count). The van der Waals surface area contributed by atoms with Crippen molar-refractivity contribution >= 4 is 11.8 Å². The molecule has 6 heteroatoms. The van der Waals surface area contributed by atoms with Crippen LogP contribution in [0.3, 0.4) is 0 Å². The number of hydrogen-bond donors (Lipinski definition) is 1. The minimum atomic E-state index is -4.17. The van der Waals surface area contributed by atoms with E-state index in [9.17, 15) is 13.2 Å². The van der Waals surface area contributed by atoms with Crippen molar-refractivity contribution in [2.24, 2.45) is 5.73 Å². The van der Waals surface area contributed by atoms with Crippen molar-refractivity contribution in [1.82, 2.24) is 0 Å². The normalized spacial score (nSPS) is 16.7. The van der Waals surface area contributed by atoms with Gasteiger partial charge in [-0.1, -0.05) is 6.92 Å². The second-order valence-corrected chi connectivity index (χ2v) is 4.51. The molecule has 1 unspecified atom stereocenters. The lowest BCUT2D eigenvalue weighted by atomic mass is 10.0. The number of hydrogen-bond acceptors (Lipinski definition) is 3. The Morgan fingerprint density at radius 1 is 1.36 bits per heavy atom. The molecule has 0 aromatic rings. The van der Waals surface area contributed by atoms with Crippen molar-refractivity contribution in [3.8, 4) is 0 Å². The van der Waals surface area contributed by atoms with Gasteiger partial charge in [0, 0.05) is 11.3 Å². The number of ether oxygens (including phenoxy) is 1. The maximum Gasteiger partial charge on any atom is 0.441 e. The lowest BCUT2D eigenvalue weighted by Gasteiger charge is -2.22. The molecule has 86 valence electrons. The van der Waals surface area contributed by atoms with Crippen LogP contribution >= 0.6 is 11.8 Å². The second-order valence-electron chi connectivity index (χ2n) is 3.35. The molecule has 0 bridgehead atoms. The topological polar surface area (TPSA) is 35.2 Å².